The summed E-state index contributed by atoms with van der Waals surface area (Å²) < 4.78 is 44.2. The van der Waals surface area contributed by atoms with Gasteiger partial charge in [-0.1, -0.05) is 55.0 Å². The third kappa shape index (κ3) is 6.16. The van der Waals surface area contributed by atoms with Crippen LogP contribution in [0.3, 0.4) is 0 Å². The van der Waals surface area contributed by atoms with E-state index in [-0.39, 0.29) is 5.75 Å². The fraction of sp³-hybridized carbons (Fsp3) is 0.600. The van der Waals surface area contributed by atoms with Gasteiger partial charge in [0.15, 0.2) is 0 Å². The van der Waals surface area contributed by atoms with Gasteiger partial charge in [-0.05, 0) is 24.6 Å². The van der Waals surface area contributed by atoms with Crippen molar-refractivity contribution in [3.05, 3.63) is 28.2 Å². The third-order valence-electron chi connectivity index (χ3n) is 3.00. The number of unbranched alkanes of at least 4 members (excludes halogenated alkanes) is 5. The third-order valence-corrected chi connectivity index (χ3v) is 3.50. The van der Waals surface area contributed by atoms with Crippen molar-refractivity contribution in [1.82, 2.24) is 0 Å². The van der Waals surface area contributed by atoms with E-state index in [1.54, 1.807) is 6.07 Å². The van der Waals surface area contributed by atoms with E-state index in [1.807, 2.05) is 0 Å². The van der Waals surface area contributed by atoms with Crippen molar-refractivity contribution in [3.8, 4) is 5.75 Å². The number of ether oxygens (including phenoxy) is 1. The Kier molecular flexibility index (Phi) is 7.41. The second kappa shape index (κ2) is 8.55. The molecule has 0 fully saturated rings. The molecule has 0 N–H and O–H groups in total. The zero-order valence-electron chi connectivity index (χ0n) is 11.6. The van der Waals surface area contributed by atoms with Crippen LogP contribution in [-0.4, -0.2) is 6.61 Å². The average molecular weight is 353 g/mol. The SMILES string of the molecule is CCCCCCCCOc1ccc(Br)cc1C(F)(F)F. The molecule has 0 heterocycles. The van der Waals surface area contributed by atoms with Gasteiger partial charge in [-0.3, -0.25) is 0 Å². The molecule has 1 nitrogen and oxygen atoms in total. The maximum absolute atomic E-state index is 12.8. The second-order valence-electron chi connectivity index (χ2n) is 4.75. The van der Waals surface area contributed by atoms with Crippen LogP contribution in [0.25, 0.3) is 0 Å². The zero-order chi connectivity index (χ0) is 15.0. The van der Waals surface area contributed by atoms with Crippen molar-refractivity contribution < 1.29 is 17.9 Å². The number of alkyl halides is 3. The molecular weight excluding hydrogens is 333 g/mol. The maximum atomic E-state index is 12.8. The van der Waals surface area contributed by atoms with E-state index >= 15 is 0 Å². The molecule has 0 saturated carbocycles. The second-order valence-corrected chi connectivity index (χ2v) is 5.67. The summed E-state index contributed by atoms with van der Waals surface area (Å²) in [6.07, 6.45) is 2.09. The van der Waals surface area contributed by atoms with Crippen LogP contribution in [0.2, 0.25) is 0 Å². The lowest BCUT2D eigenvalue weighted by molar-refractivity contribution is -0.139. The molecule has 1 aromatic carbocycles. The number of hydrogen-bond acceptors (Lipinski definition) is 1. The Hall–Kier alpha value is -0.710. The quantitative estimate of drug-likeness (QED) is 0.505. The predicted octanol–water partition coefficient (Wildman–Crippen LogP) is 6.21. The highest BCUT2D eigenvalue weighted by Crippen LogP contribution is 2.37. The van der Waals surface area contributed by atoms with Gasteiger partial charge in [0.2, 0.25) is 0 Å². The van der Waals surface area contributed by atoms with E-state index in [4.69, 9.17) is 4.74 Å². The highest BCUT2D eigenvalue weighted by molar-refractivity contribution is 9.10. The Balaban J connectivity index is 2.44. The fourth-order valence-electron chi connectivity index (χ4n) is 1.91. The first-order valence-electron chi connectivity index (χ1n) is 6.94. The molecule has 1 rings (SSSR count). The smallest absolute Gasteiger partial charge is 0.420 e. The van der Waals surface area contributed by atoms with Gasteiger partial charge in [0.1, 0.15) is 5.75 Å². The minimum atomic E-state index is -4.39. The molecule has 0 atom stereocenters. The molecule has 0 saturated heterocycles. The van der Waals surface area contributed by atoms with Gasteiger partial charge in [0.25, 0.3) is 0 Å². The molecule has 0 aliphatic heterocycles. The van der Waals surface area contributed by atoms with Crippen LogP contribution in [0.15, 0.2) is 22.7 Å². The molecule has 0 radical (unpaired) electrons. The van der Waals surface area contributed by atoms with Crippen LogP contribution in [0, 0.1) is 0 Å². The van der Waals surface area contributed by atoms with Crippen LogP contribution in [0.4, 0.5) is 13.2 Å². The van der Waals surface area contributed by atoms with Crippen molar-refractivity contribution in [2.75, 3.05) is 6.61 Å². The molecular formula is C15H20BrF3O. The Morgan fingerprint density at radius 2 is 1.70 bits per heavy atom. The zero-order valence-corrected chi connectivity index (χ0v) is 13.2. The maximum Gasteiger partial charge on any atom is 0.420 e. The lowest BCUT2D eigenvalue weighted by Gasteiger charge is -2.14. The van der Waals surface area contributed by atoms with Gasteiger partial charge >= 0.3 is 6.18 Å². The van der Waals surface area contributed by atoms with Crippen molar-refractivity contribution in [3.63, 3.8) is 0 Å². The van der Waals surface area contributed by atoms with E-state index < -0.39 is 11.7 Å². The van der Waals surface area contributed by atoms with Gasteiger partial charge in [-0.2, -0.15) is 13.2 Å². The molecule has 0 bridgehead atoms. The predicted molar refractivity (Wildman–Crippen MR) is 78.0 cm³/mol. The number of hydrogen-bond donors (Lipinski definition) is 0. The van der Waals surface area contributed by atoms with E-state index in [0.717, 1.165) is 25.3 Å². The summed E-state index contributed by atoms with van der Waals surface area (Å²) in [6, 6.07) is 3.98. The van der Waals surface area contributed by atoms with Crippen LogP contribution < -0.4 is 4.74 Å². The summed E-state index contributed by atoms with van der Waals surface area (Å²) >= 11 is 3.05. The summed E-state index contributed by atoms with van der Waals surface area (Å²) in [4.78, 5) is 0. The standard InChI is InChI=1S/C15H20BrF3O/c1-2-3-4-5-6-7-10-20-14-9-8-12(16)11-13(14)15(17,18)19/h8-9,11H,2-7,10H2,1H3. The van der Waals surface area contributed by atoms with Crippen LogP contribution >= 0.6 is 15.9 Å². The molecule has 1 aromatic rings. The minimum Gasteiger partial charge on any atom is -0.493 e. The summed E-state index contributed by atoms with van der Waals surface area (Å²) in [5.41, 5.74) is -0.724. The number of rotatable bonds is 8. The molecule has 0 spiro atoms. The Morgan fingerprint density at radius 1 is 1.05 bits per heavy atom. The number of halogens is 4. The highest BCUT2D eigenvalue weighted by atomic mass is 79.9. The molecule has 0 unspecified atom stereocenters. The fourth-order valence-corrected chi connectivity index (χ4v) is 2.28. The van der Waals surface area contributed by atoms with Crippen molar-refractivity contribution in [1.29, 1.82) is 0 Å². The first-order valence-corrected chi connectivity index (χ1v) is 7.74. The van der Waals surface area contributed by atoms with E-state index in [0.29, 0.717) is 11.1 Å². The lowest BCUT2D eigenvalue weighted by Crippen LogP contribution is -2.09. The molecule has 0 amide bonds. The highest BCUT2D eigenvalue weighted by Gasteiger charge is 2.34. The Morgan fingerprint density at radius 3 is 2.35 bits per heavy atom. The van der Waals surface area contributed by atoms with Gasteiger partial charge in [0.05, 0.1) is 12.2 Å². The summed E-state index contributed by atoms with van der Waals surface area (Å²) in [7, 11) is 0. The van der Waals surface area contributed by atoms with E-state index in [1.165, 1.54) is 25.3 Å². The average Bonchev–Trinajstić information content (AvgIpc) is 2.38. The van der Waals surface area contributed by atoms with Crippen molar-refractivity contribution >= 4 is 15.9 Å². The molecule has 114 valence electrons. The Labute approximate surface area is 126 Å². The number of benzene rings is 1. The first-order chi connectivity index (χ1) is 9.45. The van der Waals surface area contributed by atoms with Crippen LogP contribution in [-0.2, 0) is 6.18 Å². The monoisotopic (exact) mass is 352 g/mol. The van der Waals surface area contributed by atoms with E-state index in [9.17, 15) is 13.2 Å². The Bertz CT molecular complexity index is 405. The molecule has 0 aliphatic rings. The molecule has 20 heavy (non-hydrogen) atoms. The normalized spacial score (nSPS) is 11.7. The van der Waals surface area contributed by atoms with Gasteiger partial charge < -0.3 is 4.74 Å². The molecule has 5 heteroatoms. The molecule has 0 aromatic heterocycles. The topological polar surface area (TPSA) is 9.23 Å². The minimum absolute atomic E-state index is 0.0886. The van der Waals surface area contributed by atoms with Crippen molar-refractivity contribution in [2.45, 2.75) is 51.6 Å². The first kappa shape index (κ1) is 17.3. The van der Waals surface area contributed by atoms with E-state index in [2.05, 4.69) is 22.9 Å². The lowest BCUT2D eigenvalue weighted by atomic mass is 10.1. The van der Waals surface area contributed by atoms with Crippen LogP contribution in [0.5, 0.6) is 5.75 Å². The van der Waals surface area contributed by atoms with Gasteiger partial charge in [-0.25, -0.2) is 0 Å². The summed E-state index contributed by atoms with van der Waals surface area (Å²) in [6.45, 7) is 2.48. The molecule has 0 aliphatic carbocycles. The van der Waals surface area contributed by atoms with Crippen LogP contribution in [0.1, 0.15) is 51.0 Å². The summed E-state index contributed by atoms with van der Waals surface area (Å²) in [5, 5.41) is 0. The van der Waals surface area contributed by atoms with Crippen molar-refractivity contribution in [2.24, 2.45) is 0 Å². The largest absolute Gasteiger partial charge is 0.493 e. The summed E-state index contributed by atoms with van der Waals surface area (Å²) in [5.74, 6) is -0.0886. The van der Waals surface area contributed by atoms with Gasteiger partial charge in [-0.15, -0.1) is 0 Å². The van der Waals surface area contributed by atoms with Gasteiger partial charge in [0, 0.05) is 4.47 Å².